The van der Waals surface area contributed by atoms with Crippen LogP contribution in [0.25, 0.3) is 0 Å². The van der Waals surface area contributed by atoms with Crippen LogP contribution >= 0.6 is 0 Å². The smallest absolute Gasteiger partial charge is 0.304 e. The Morgan fingerprint density at radius 3 is 1.75 bits per heavy atom. The molecule has 0 aliphatic heterocycles. The second-order valence-electron chi connectivity index (χ2n) is 6.01. The van der Waals surface area contributed by atoms with E-state index in [9.17, 15) is 4.79 Å². The quantitative estimate of drug-likeness (QED) is 0.579. The SMILES string of the molecule is COC1(N=NC2(OC(C)=O)CCCCC2)CCCCC1. The van der Waals surface area contributed by atoms with Gasteiger partial charge in [-0.1, -0.05) is 12.8 Å². The highest BCUT2D eigenvalue weighted by Gasteiger charge is 2.38. The first-order valence-corrected chi connectivity index (χ1v) is 7.79. The molecule has 0 spiro atoms. The van der Waals surface area contributed by atoms with Crippen LogP contribution in [0, 0.1) is 0 Å². The van der Waals surface area contributed by atoms with E-state index in [-0.39, 0.29) is 5.97 Å². The fourth-order valence-corrected chi connectivity index (χ4v) is 3.23. The number of rotatable bonds is 4. The van der Waals surface area contributed by atoms with Gasteiger partial charge in [-0.15, -0.1) is 5.11 Å². The lowest BCUT2D eigenvalue weighted by Gasteiger charge is -2.35. The molecule has 0 aromatic heterocycles. The summed E-state index contributed by atoms with van der Waals surface area (Å²) in [5.41, 5.74) is -1.24. The van der Waals surface area contributed by atoms with Gasteiger partial charge in [0.25, 0.3) is 0 Å². The zero-order chi connectivity index (χ0) is 14.5. The highest BCUT2D eigenvalue weighted by atomic mass is 16.6. The second kappa shape index (κ2) is 6.66. The summed E-state index contributed by atoms with van der Waals surface area (Å²) in [6.45, 7) is 1.44. The fraction of sp³-hybridized carbons (Fsp3) is 0.933. The van der Waals surface area contributed by atoms with Gasteiger partial charge in [0.2, 0.25) is 5.72 Å². The molecule has 0 saturated heterocycles. The van der Waals surface area contributed by atoms with E-state index in [0.717, 1.165) is 51.4 Å². The first kappa shape index (κ1) is 15.4. The maximum Gasteiger partial charge on any atom is 0.304 e. The monoisotopic (exact) mass is 282 g/mol. The Labute approximate surface area is 121 Å². The topological polar surface area (TPSA) is 60.3 Å². The second-order valence-corrected chi connectivity index (χ2v) is 6.01. The lowest BCUT2D eigenvalue weighted by atomic mass is 9.91. The van der Waals surface area contributed by atoms with Gasteiger partial charge in [0, 0.05) is 26.9 Å². The molecule has 2 saturated carbocycles. The molecule has 114 valence electrons. The molecule has 0 amide bonds. The molecule has 0 aromatic rings. The van der Waals surface area contributed by atoms with Crippen molar-refractivity contribution in [3.8, 4) is 0 Å². The Kier molecular flexibility index (Phi) is 5.13. The normalized spacial score (nSPS) is 25.5. The summed E-state index contributed by atoms with van der Waals surface area (Å²) in [5.74, 6) is -0.277. The van der Waals surface area contributed by atoms with Crippen molar-refractivity contribution in [2.75, 3.05) is 7.11 Å². The molecule has 0 aromatic carbocycles. The van der Waals surface area contributed by atoms with Crippen molar-refractivity contribution in [1.82, 2.24) is 0 Å². The van der Waals surface area contributed by atoms with E-state index in [1.54, 1.807) is 7.11 Å². The summed E-state index contributed by atoms with van der Waals surface area (Å²) in [5, 5.41) is 8.99. The summed E-state index contributed by atoms with van der Waals surface area (Å²) >= 11 is 0. The lowest BCUT2D eigenvalue weighted by Crippen LogP contribution is -2.37. The third kappa shape index (κ3) is 3.78. The van der Waals surface area contributed by atoms with E-state index in [2.05, 4.69) is 10.2 Å². The van der Waals surface area contributed by atoms with Crippen LogP contribution in [0.1, 0.15) is 71.1 Å². The third-order valence-corrected chi connectivity index (χ3v) is 4.40. The van der Waals surface area contributed by atoms with E-state index in [1.165, 1.54) is 19.8 Å². The third-order valence-electron chi connectivity index (χ3n) is 4.40. The number of azo groups is 1. The van der Waals surface area contributed by atoms with Crippen molar-refractivity contribution in [2.45, 2.75) is 82.6 Å². The van der Waals surface area contributed by atoms with Gasteiger partial charge < -0.3 is 9.47 Å². The van der Waals surface area contributed by atoms with Crippen LogP contribution in [0.4, 0.5) is 0 Å². The molecule has 2 aliphatic rings. The summed E-state index contributed by atoms with van der Waals surface area (Å²) < 4.78 is 11.1. The molecule has 5 heteroatoms. The van der Waals surface area contributed by atoms with Crippen LogP contribution in [-0.4, -0.2) is 24.5 Å². The minimum Gasteiger partial charge on any atom is -0.436 e. The molecule has 0 radical (unpaired) electrons. The summed E-state index contributed by atoms with van der Waals surface area (Å²) in [7, 11) is 1.70. The zero-order valence-electron chi connectivity index (χ0n) is 12.7. The predicted octanol–water partition coefficient (Wildman–Crippen LogP) is 3.97. The number of carbonyl (C=O) groups excluding carboxylic acids is 1. The molecule has 0 unspecified atom stereocenters. The van der Waals surface area contributed by atoms with Gasteiger partial charge >= 0.3 is 5.97 Å². The van der Waals surface area contributed by atoms with Crippen LogP contribution in [0.2, 0.25) is 0 Å². The highest BCUT2D eigenvalue weighted by molar-refractivity contribution is 5.66. The van der Waals surface area contributed by atoms with Crippen LogP contribution in [-0.2, 0) is 14.3 Å². The first-order valence-electron chi connectivity index (χ1n) is 7.79. The summed E-state index contributed by atoms with van der Waals surface area (Å²) in [4.78, 5) is 11.4. The average Bonchev–Trinajstić information content (AvgIpc) is 2.47. The Morgan fingerprint density at radius 1 is 0.850 bits per heavy atom. The molecule has 2 fully saturated rings. The van der Waals surface area contributed by atoms with Crippen molar-refractivity contribution in [3.63, 3.8) is 0 Å². The van der Waals surface area contributed by atoms with Crippen molar-refractivity contribution in [3.05, 3.63) is 0 Å². The van der Waals surface area contributed by atoms with Gasteiger partial charge in [-0.2, -0.15) is 5.11 Å². The maximum atomic E-state index is 11.4. The van der Waals surface area contributed by atoms with Crippen molar-refractivity contribution >= 4 is 5.97 Å². The number of nitrogens with zero attached hydrogens (tertiary/aromatic N) is 2. The molecule has 20 heavy (non-hydrogen) atoms. The molecular weight excluding hydrogens is 256 g/mol. The Hall–Kier alpha value is -0.970. The van der Waals surface area contributed by atoms with Gasteiger partial charge in [0.15, 0.2) is 5.72 Å². The van der Waals surface area contributed by atoms with Gasteiger partial charge in [-0.05, 0) is 38.5 Å². The number of hydrogen-bond donors (Lipinski definition) is 0. The summed E-state index contributed by atoms with van der Waals surface area (Å²) in [6, 6.07) is 0. The van der Waals surface area contributed by atoms with Crippen LogP contribution < -0.4 is 0 Å². The molecule has 0 N–H and O–H groups in total. The van der Waals surface area contributed by atoms with E-state index < -0.39 is 11.4 Å². The van der Waals surface area contributed by atoms with Gasteiger partial charge in [0.05, 0.1) is 0 Å². The standard InChI is InChI=1S/C15H26N2O3/c1-13(18)20-15(11-7-4-8-12-15)17-16-14(19-2)9-5-3-6-10-14/h3-12H2,1-2H3. The predicted molar refractivity (Wildman–Crippen MR) is 75.3 cm³/mol. The van der Waals surface area contributed by atoms with Crippen LogP contribution in [0.5, 0.6) is 0 Å². The van der Waals surface area contributed by atoms with Crippen molar-refractivity contribution < 1.29 is 14.3 Å². The zero-order valence-corrected chi connectivity index (χ0v) is 12.7. The van der Waals surface area contributed by atoms with E-state index >= 15 is 0 Å². The first-order chi connectivity index (χ1) is 9.60. The van der Waals surface area contributed by atoms with Gasteiger partial charge in [-0.3, -0.25) is 4.79 Å². The minimum atomic E-state index is -0.743. The number of hydrogen-bond acceptors (Lipinski definition) is 5. The van der Waals surface area contributed by atoms with Crippen LogP contribution in [0.3, 0.4) is 0 Å². The molecule has 0 atom stereocenters. The number of methoxy groups -OCH3 is 1. The van der Waals surface area contributed by atoms with E-state index in [4.69, 9.17) is 9.47 Å². The van der Waals surface area contributed by atoms with E-state index in [0.29, 0.717) is 0 Å². The van der Waals surface area contributed by atoms with Gasteiger partial charge in [0.1, 0.15) is 0 Å². The lowest BCUT2D eigenvalue weighted by molar-refractivity contribution is -0.161. The Balaban J connectivity index is 2.12. The van der Waals surface area contributed by atoms with Crippen molar-refractivity contribution in [2.24, 2.45) is 10.2 Å². The van der Waals surface area contributed by atoms with Crippen LogP contribution in [0.15, 0.2) is 10.2 Å². The maximum absolute atomic E-state index is 11.4. The largest absolute Gasteiger partial charge is 0.436 e. The number of carbonyl (C=O) groups is 1. The number of ether oxygens (including phenoxy) is 2. The molecule has 5 nitrogen and oxygen atoms in total. The Morgan fingerprint density at radius 2 is 1.30 bits per heavy atom. The number of esters is 1. The molecule has 0 heterocycles. The fourth-order valence-electron chi connectivity index (χ4n) is 3.23. The molecule has 2 rings (SSSR count). The summed E-state index contributed by atoms with van der Waals surface area (Å²) in [6.07, 6.45) is 10.1. The molecular formula is C15H26N2O3. The highest BCUT2D eigenvalue weighted by Crippen LogP contribution is 2.37. The Bertz CT molecular complexity index is 356. The average molecular weight is 282 g/mol. The van der Waals surface area contributed by atoms with Crippen molar-refractivity contribution in [1.29, 1.82) is 0 Å². The van der Waals surface area contributed by atoms with E-state index in [1.807, 2.05) is 0 Å². The molecule has 2 aliphatic carbocycles. The molecule has 0 bridgehead atoms. The minimum absolute atomic E-state index is 0.277. The van der Waals surface area contributed by atoms with Gasteiger partial charge in [-0.25, -0.2) is 0 Å².